The van der Waals surface area contributed by atoms with Crippen LogP contribution in [0.2, 0.25) is 0 Å². The molecule has 0 amide bonds. The Hall–Kier alpha value is -1.01. The molecule has 1 aliphatic heterocycles. The zero-order chi connectivity index (χ0) is 21.1. The summed E-state index contributed by atoms with van der Waals surface area (Å²) in [6.45, 7) is 9.09. The van der Waals surface area contributed by atoms with Crippen molar-refractivity contribution < 1.29 is 44.5 Å². The standard InChI is InChI=1S/C14H22F5NO5S/c1-10(2,3)12(6,7-11(4,5)20-7)9(21)25-8(13(15,16)17)14(18,19)26(22,23)24/h7-8,20H,1-6H3,(H,22,23,24). The number of nitrogens with one attached hydrogen (secondary N) is 1. The molecule has 154 valence electrons. The molecule has 0 bridgehead atoms. The van der Waals surface area contributed by atoms with Crippen LogP contribution < -0.4 is 5.32 Å². The quantitative estimate of drug-likeness (QED) is 0.312. The smallest absolute Gasteiger partial charge is 0.432 e. The van der Waals surface area contributed by atoms with E-state index in [0.717, 1.165) is 0 Å². The molecule has 1 rings (SSSR count). The number of rotatable bonds is 5. The molecule has 1 fully saturated rings. The maximum atomic E-state index is 13.7. The van der Waals surface area contributed by atoms with E-state index in [4.69, 9.17) is 4.55 Å². The van der Waals surface area contributed by atoms with Crippen LogP contribution in [0.1, 0.15) is 41.5 Å². The molecule has 3 atom stereocenters. The minimum absolute atomic E-state index is 0.666. The second-order valence-electron chi connectivity index (χ2n) is 8.12. The van der Waals surface area contributed by atoms with Gasteiger partial charge in [0.05, 0.1) is 5.41 Å². The number of alkyl halides is 5. The molecule has 0 aromatic rings. The van der Waals surface area contributed by atoms with E-state index in [0.29, 0.717) is 0 Å². The van der Waals surface area contributed by atoms with Gasteiger partial charge >= 0.3 is 27.5 Å². The molecule has 0 saturated carbocycles. The molecule has 1 heterocycles. The van der Waals surface area contributed by atoms with Crippen molar-refractivity contribution in [3.63, 3.8) is 0 Å². The van der Waals surface area contributed by atoms with E-state index in [1.165, 1.54) is 27.7 Å². The first-order chi connectivity index (χ1) is 11.1. The van der Waals surface area contributed by atoms with E-state index in [1.54, 1.807) is 13.8 Å². The summed E-state index contributed by atoms with van der Waals surface area (Å²) in [7, 11) is -6.48. The van der Waals surface area contributed by atoms with Crippen molar-refractivity contribution in [2.24, 2.45) is 10.8 Å². The fraction of sp³-hybridized carbons (Fsp3) is 0.929. The lowest BCUT2D eigenvalue weighted by Gasteiger charge is -2.41. The Balaban J connectivity index is 3.37. The third-order valence-corrected chi connectivity index (χ3v) is 5.79. The van der Waals surface area contributed by atoms with Crippen LogP contribution in [0.4, 0.5) is 22.0 Å². The lowest BCUT2D eigenvalue weighted by atomic mass is 9.63. The van der Waals surface area contributed by atoms with Crippen LogP contribution in [-0.4, -0.2) is 48.1 Å². The van der Waals surface area contributed by atoms with E-state index in [9.17, 15) is 35.2 Å². The highest BCUT2D eigenvalue weighted by Gasteiger charge is 2.69. The molecule has 0 aromatic heterocycles. The van der Waals surface area contributed by atoms with Crippen molar-refractivity contribution in [1.29, 1.82) is 0 Å². The summed E-state index contributed by atoms with van der Waals surface area (Å²) in [5.41, 5.74) is -3.39. The van der Waals surface area contributed by atoms with Crippen LogP contribution >= 0.6 is 0 Å². The molecule has 1 saturated heterocycles. The van der Waals surface area contributed by atoms with E-state index in [2.05, 4.69) is 10.1 Å². The van der Waals surface area contributed by atoms with Crippen LogP contribution in [0.25, 0.3) is 0 Å². The van der Waals surface area contributed by atoms with Gasteiger partial charge in [-0.1, -0.05) is 20.8 Å². The average molecular weight is 411 g/mol. The number of hydrogen-bond donors (Lipinski definition) is 2. The molecule has 0 spiro atoms. The third-order valence-electron chi connectivity index (χ3n) is 4.89. The second kappa shape index (κ2) is 5.99. The molecule has 26 heavy (non-hydrogen) atoms. The van der Waals surface area contributed by atoms with Gasteiger partial charge in [-0.15, -0.1) is 0 Å². The van der Waals surface area contributed by atoms with Crippen LogP contribution in [0.5, 0.6) is 0 Å². The second-order valence-corrected chi connectivity index (χ2v) is 9.61. The molecule has 0 aliphatic carbocycles. The summed E-state index contributed by atoms with van der Waals surface area (Å²) in [6.07, 6.45) is -10.3. The molecule has 12 heteroatoms. The van der Waals surface area contributed by atoms with Crippen molar-refractivity contribution in [2.45, 2.75) is 70.7 Å². The van der Waals surface area contributed by atoms with Crippen molar-refractivity contribution in [1.82, 2.24) is 5.32 Å². The molecular formula is C14H22F5NO5S. The topological polar surface area (TPSA) is 103 Å². The SMILES string of the molecule is CC1(C)NC1C(C)(C(=O)OC(C(F)(F)F)C(F)(F)S(=O)(=O)O)C(C)(C)C. The van der Waals surface area contributed by atoms with E-state index < -0.39 is 56.0 Å². The Bertz CT molecular complexity index is 683. The van der Waals surface area contributed by atoms with Crippen molar-refractivity contribution in [3.05, 3.63) is 0 Å². The minimum atomic E-state index is -6.48. The van der Waals surface area contributed by atoms with Crippen molar-refractivity contribution in [2.75, 3.05) is 0 Å². The fourth-order valence-corrected chi connectivity index (χ4v) is 3.20. The largest absolute Gasteiger partial charge is 0.444 e. The third kappa shape index (κ3) is 3.81. The van der Waals surface area contributed by atoms with Gasteiger partial charge in [-0.05, 0) is 26.2 Å². The van der Waals surface area contributed by atoms with Gasteiger partial charge in [-0.25, -0.2) is 0 Å². The molecule has 1 aliphatic rings. The predicted octanol–water partition coefficient (Wildman–Crippen LogP) is 2.74. The Morgan fingerprint density at radius 3 is 1.73 bits per heavy atom. The van der Waals surface area contributed by atoms with E-state index in [1.807, 2.05) is 0 Å². The molecule has 6 nitrogen and oxygen atoms in total. The average Bonchev–Trinajstić information content (AvgIpc) is 2.99. The van der Waals surface area contributed by atoms with E-state index >= 15 is 0 Å². The first kappa shape index (κ1) is 23.0. The first-order valence-corrected chi connectivity index (χ1v) is 8.94. The van der Waals surface area contributed by atoms with E-state index in [-0.39, 0.29) is 0 Å². The number of esters is 1. The van der Waals surface area contributed by atoms with Crippen molar-refractivity contribution >= 4 is 16.1 Å². The molecular weight excluding hydrogens is 389 g/mol. The van der Waals surface area contributed by atoms with Gasteiger partial charge in [-0.2, -0.15) is 30.4 Å². The van der Waals surface area contributed by atoms with Crippen LogP contribution in [0.3, 0.4) is 0 Å². The molecule has 3 unspecified atom stereocenters. The van der Waals surface area contributed by atoms with Crippen LogP contribution in [0, 0.1) is 10.8 Å². The summed E-state index contributed by atoms with van der Waals surface area (Å²) in [4.78, 5) is 12.5. The van der Waals surface area contributed by atoms with Gasteiger partial charge in [0.15, 0.2) is 0 Å². The van der Waals surface area contributed by atoms with Gasteiger partial charge in [-0.3, -0.25) is 9.35 Å². The highest BCUT2D eigenvalue weighted by Crippen LogP contribution is 2.52. The lowest BCUT2D eigenvalue weighted by molar-refractivity contribution is -0.264. The normalized spacial score (nSPS) is 24.5. The number of hydrogen-bond acceptors (Lipinski definition) is 5. The first-order valence-electron chi connectivity index (χ1n) is 7.50. The van der Waals surface area contributed by atoms with Crippen LogP contribution in [0.15, 0.2) is 0 Å². The monoisotopic (exact) mass is 411 g/mol. The Morgan fingerprint density at radius 2 is 1.50 bits per heavy atom. The maximum absolute atomic E-state index is 13.7. The molecule has 0 radical (unpaired) electrons. The lowest BCUT2D eigenvalue weighted by Crippen LogP contribution is -2.56. The summed E-state index contributed by atoms with van der Waals surface area (Å²) in [5, 5.41) is -2.88. The van der Waals surface area contributed by atoms with Gasteiger partial charge in [0.1, 0.15) is 0 Å². The van der Waals surface area contributed by atoms with Gasteiger partial charge in [0.25, 0.3) is 6.10 Å². The highest BCUT2D eigenvalue weighted by atomic mass is 32.2. The number of carbonyl (C=O) groups is 1. The van der Waals surface area contributed by atoms with Gasteiger partial charge < -0.3 is 10.1 Å². The summed E-state index contributed by atoms with van der Waals surface area (Å²) in [5.74, 6) is -1.65. The Kier molecular flexibility index (Phi) is 5.31. The number of halogens is 5. The molecule has 0 aromatic carbocycles. The number of carbonyl (C=O) groups excluding carboxylic acids is 1. The maximum Gasteiger partial charge on any atom is 0.432 e. The van der Waals surface area contributed by atoms with Crippen molar-refractivity contribution in [3.8, 4) is 0 Å². The van der Waals surface area contributed by atoms with Gasteiger partial charge in [0, 0.05) is 11.6 Å². The van der Waals surface area contributed by atoms with Crippen LogP contribution in [-0.2, 0) is 19.6 Å². The summed E-state index contributed by atoms with van der Waals surface area (Å²) < 4.78 is 100. The highest BCUT2D eigenvalue weighted by molar-refractivity contribution is 7.86. The summed E-state index contributed by atoms with van der Waals surface area (Å²) >= 11 is 0. The zero-order valence-corrected chi connectivity index (χ0v) is 15.8. The molecule has 2 N–H and O–H groups in total. The Morgan fingerprint density at radius 1 is 1.12 bits per heavy atom. The minimum Gasteiger partial charge on any atom is -0.444 e. The number of ether oxygens (including phenoxy) is 1. The fourth-order valence-electron chi connectivity index (χ4n) is 2.74. The van der Waals surface area contributed by atoms with Gasteiger partial charge in [0.2, 0.25) is 0 Å². The predicted molar refractivity (Wildman–Crippen MR) is 81.0 cm³/mol. The Labute approximate surface area is 148 Å². The summed E-state index contributed by atoms with van der Waals surface area (Å²) in [6, 6.07) is -0.698. The zero-order valence-electron chi connectivity index (χ0n) is 15.0.